The third kappa shape index (κ3) is 5.74. The van der Waals surface area contributed by atoms with Crippen molar-refractivity contribution in [2.24, 2.45) is 5.92 Å². The van der Waals surface area contributed by atoms with E-state index in [4.69, 9.17) is 0 Å². The van der Waals surface area contributed by atoms with Crippen molar-refractivity contribution in [3.8, 4) is 22.3 Å². The second-order valence-corrected chi connectivity index (χ2v) is 14.7. The van der Waals surface area contributed by atoms with E-state index in [1.165, 1.54) is 77.9 Å². The van der Waals surface area contributed by atoms with Crippen molar-refractivity contribution in [1.82, 2.24) is 0 Å². The summed E-state index contributed by atoms with van der Waals surface area (Å²) in [5, 5.41) is 2.50. The van der Waals surface area contributed by atoms with Gasteiger partial charge in [-0.25, -0.2) is 0 Å². The molecular formula is C52H41N. The van der Waals surface area contributed by atoms with Crippen LogP contribution < -0.4 is 4.90 Å². The van der Waals surface area contributed by atoms with Crippen molar-refractivity contribution >= 4 is 27.7 Å². The molecule has 254 valence electrons. The van der Waals surface area contributed by atoms with Crippen molar-refractivity contribution in [3.05, 3.63) is 222 Å². The molecule has 1 heteroatoms. The summed E-state index contributed by atoms with van der Waals surface area (Å²) >= 11 is 0. The Kier molecular flexibility index (Phi) is 7.99. The summed E-state index contributed by atoms with van der Waals surface area (Å²) in [5.41, 5.74) is 17.5. The number of rotatable bonds is 7. The van der Waals surface area contributed by atoms with E-state index in [2.05, 4.69) is 193 Å². The second-order valence-electron chi connectivity index (χ2n) is 14.7. The summed E-state index contributed by atoms with van der Waals surface area (Å²) in [5.74, 6) is 0.736. The third-order valence-electron chi connectivity index (χ3n) is 11.7. The molecule has 0 heterocycles. The maximum atomic E-state index is 2.49. The van der Waals surface area contributed by atoms with Crippen molar-refractivity contribution in [2.45, 2.75) is 31.6 Å². The van der Waals surface area contributed by atoms with Gasteiger partial charge in [-0.2, -0.15) is 0 Å². The van der Waals surface area contributed by atoms with E-state index in [0.29, 0.717) is 11.8 Å². The van der Waals surface area contributed by atoms with Crippen LogP contribution in [-0.2, 0) is 6.42 Å². The molecule has 0 saturated carbocycles. The molecule has 0 spiro atoms. The van der Waals surface area contributed by atoms with E-state index in [9.17, 15) is 0 Å². The summed E-state index contributed by atoms with van der Waals surface area (Å²) in [4.78, 5) is 2.49. The van der Waals surface area contributed by atoms with E-state index in [-0.39, 0.29) is 0 Å². The number of hydrogen-bond acceptors (Lipinski definition) is 1. The zero-order chi connectivity index (χ0) is 35.1. The molecule has 4 aliphatic rings. The molecular weight excluding hydrogens is 639 g/mol. The van der Waals surface area contributed by atoms with Gasteiger partial charge in [-0.05, 0) is 122 Å². The van der Waals surface area contributed by atoms with Gasteiger partial charge in [0.25, 0.3) is 0 Å². The minimum absolute atomic E-state index is 0.363. The second kappa shape index (κ2) is 13.4. The highest BCUT2D eigenvalue weighted by Crippen LogP contribution is 2.49. The largest absolute Gasteiger partial charge is 0.314 e. The van der Waals surface area contributed by atoms with Crippen LogP contribution in [0, 0.1) is 5.92 Å². The van der Waals surface area contributed by atoms with Gasteiger partial charge in [-0.3, -0.25) is 0 Å². The Morgan fingerprint density at radius 2 is 1.36 bits per heavy atom. The molecule has 10 rings (SSSR count). The molecule has 6 aromatic carbocycles. The van der Waals surface area contributed by atoms with Gasteiger partial charge in [0.05, 0.1) is 0 Å². The highest BCUT2D eigenvalue weighted by Gasteiger charge is 2.31. The van der Waals surface area contributed by atoms with Crippen molar-refractivity contribution in [2.75, 3.05) is 4.90 Å². The Morgan fingerprint density at radius 3 is 2.28 bits per heavy atom. The maximum absolute atomic E-state index is 2.49. The third-order valence-corrected chi connectivity index (χ3v) is 11.7. The zero-order valence-corrected chi connectivity index (χ0v) is 29.8. The molecule has 0 amide bonds. The highest BCUT2D eigenvalue weighted by molar-refractivity contribution is 5.91. The molecule has 0 fully saturated rings. The first-order valence-corrected chi connectivity index (χ1v) is 19.1. The molecule has 4 aliphatic carbocycles. The summed E-state index contributed by atoms with van der Waals surface area (Å²) in [6.07, 6.45) is 22.5. The fourth-order valence-corrected chi connectivity index (χ4v) is 9.12. The zero-order valence-electron chi connectivity index (χ0n) is 29.8. The van der Waals surface area contributed by atoms with E-state index in [0.717, 1.165) is 25.7 Å². The van der Waals surface area contributed by atoms with Crippen molar-refractivity contribution in [3.63, 3.8) is 0 Å². The van der Waals surface area contributed by atoms with Gasteiger partial charge < -0.3 is 4.90 Å². The quantitative estimate of drug-likeness (QED) is 0.162. The lowest BCUT2D eigenvalue weighted by atomic mass is 9.83. The predicted molar refractivity (Wildman–Crippen MR) is 224 cm³/mol. The van der Waals surface area contributed by atoms with Crippen LogP contribution in [0.25, 0.3) is 38.6 Å². The Morgan fingerprint density at radius 1 is 0.585 bits per heavy atom. The van der Waals surface area contributed by atoms with Crippen molar-refractivity contribution in [1.29, 1.82) is 0 Å². The predicted octanol–water partition coefficient (Wildman–Crippen LogP) is 13.7. The molecule has 0 radical (unpaired) electrons. The number of anilines is 2. The first-order chi connectivity index (χ1) is 26.3. The summed E-state index contributed by atoms with van der Waals surface area (Å²) in [6.45, 7) is 0. The molecule has 1 nitrogen and oxygen atoms in total. The van der Waals surface area contributed by atoms with Crippen LogP contribution in [0.15, 0.2) is 205 Å². The number of hydrogen-bond donors (Lipinski definition) is 0. The molecule has 0 bridgehead atoms. The van der Waals surface area contributed by atoms with E-state index < -0.39 is 0 Å². The smallest absolute Gasteiger partial charge is 0.0465 e. The van der Waals surface area contributed by atoms with Gasteiger partial charge in [0.15, 0.2) is 0 Å². The Bertz CT molecular complexity index is 2570. The first kappa shape index (κ1) is 31.5. The van der Waals surface area contributed by atoms with E-state index >= 15 is 0 Å². The summed E-state index contributed by atoms with van der Waals surface area (Å²) in [6, 6.07) is 51.9. The number of benzene rings is 6. The van der Waals surface area contributed by atoms with Crippen LogP contribution in [0.5, 0.6) is 0 Å². The Labute approximate surface area is 313 Å². The molecule has 0 aliphatic heterocycles. The highest BCUT2D eigenvalue weighted by atomic mass is 15.1. The number of fused-ring (bicyclic) bond motifs is 4. The number of allylic oxidation sites excluding steroid dienone is 12. The van der Waals surface area contributed by atoms with Gasteiger partial charge in [0, 0.05) is 28.9 Å². The molecule has 6 aromatic rings. The summed E-state index contributed by atoms with van der Waals surface area (Å²) < 4.78 is 0. The average Bonchev–Trinajstić information content (AvgIpc) is 3.54. The van der Waals surface area contributed by atoms with Crippen LogP contribution in [0.1, 0.15) is 41.9 Å². The van der Waals surface area contributed by atoms with Crippen LogP contribution in [0.4, 0.5) is 11.4 Å². The Balaban J connectivity index is 1.12. The number of nitrogens with zero attached hydrogens (tertiary/aromatic N) is 1. The fraction of sp³-hybridized carbons (Fsp3) is 0.115. The van der Waals surface area contributed by atoms with Gasteiger partial charge in [-0.1, -0.05) is 158 Å². The standard InChI is InChI=1S/C52H41N/c1-2-16-38(17-3-1)51-35-44(53(42-28-26-36-14-4-6-18-39(36)32-42)43-29-27-37-15-5-7-19-40(37)33-43)30-31-50(51)45-21-9-8-20-41(45)34-52-48-24-12-10-22-46(48)47-23-11-13-25-49(47)52/h1-10,12-22,24-32,35,40,52H,11,23,33-34H2. The lowest BCUT2D eigenvalue weighted by Gasteiger charge is -2.33. The minimum Gasteiger partial charge on any atom is -0.314 e. The molecule has 0 saturated heterocycles. The molecule has 53 heavy (non-hydrogen) atoms. The van der Waals surface area contributed by atoms with E-state index in [1.807, 2.05) is 0 Å². The van der Waals surface area contributed by atoms with Gasteiger partial charge in [-0.15, -0.1) is 0 Å². The van der Waals surface area contributed by atoms with Gasteiger partial charge in [0.1, 0.15) is 0 Å². The Hall–Kier alpha value is -6.18. The van der Waals surface area contributed by atoms with Crippen LogP contribution >= 0.6 is 0 Å². The lowest BCUT2D eigenvalue weighted by molar-refractivity contribution is 0.732. The topological polar surface area (TPSA) is 3.24 Å². The minimum atomic E-state index is 0.363. The van der Waals surface area contributed by atoms with Crippen molar-refractivity contribution < 1.29 is 0 Å². The van der Waals surface area contributed by atoms with Gasteiger partial charge in [0.2, 0.25) is 0 Å². The van der Waals surface area contributed by atoms with Crippen LogP contribution in [0.3, 0.4) is 0 Å². The molecule has 2 atom stereocenters. The molecule has 2 unspecified atom stereocenters. The lowest BCUT2D eigenvalue weighted by Crippen LogP contribution is -2.21. The molecule has 0 N–H and O–H groups in total. The monoisotopic (exact) mass is 679 g/mol. The fourth-order valence-electron chi connectivity index (χ4n) is 9.12. The normalized spacial score (nSPS) is 18.3. The average molecular weight is 680 g/mol. The molecule has 0 aromatic heterocycles. The van der Waals surface area contributed by atoms with Gasteiger partial charge >= 0.3 is 0 Å². The SMILES string of the molecule is C1=CC2=CC=C(N(c3ccc(-c4ccccc4CC4C5=C(CCC=C5)c5ccccc54)c(-c4ccccc4)c3)c3ccc4ccccc4c3)CC2C=C1. The first-order valence-electron chi connectivity index (χ1n) is 19.1. The summed E-state index contributed by atoms with van der Waals surface area (Å²) in [7, 11) is 0. The van der Waals surface area contributed by atoms with E-state index in [1.54, 1.807) is 5.57 Å². The maximum Gasteiger partial charge on any atom is 0.0465 e. The van der Waals surface area contributed by atoms with Crippen LogP contribution in [0.2, 0.25) is 0 Å². The van der Waals surface area contributed by atoms with Crippen LogP contribution in [-0.4, -0.2) is 0 Å².